The molecule has 3 rings (SSSR count). The van der Waals surface area contributed by atoms with E-state index in [-0.39, 0.29) is 5.91 Å². The van der Waals surface area contributed by atoms with Crippen molar-refractivity contribution in [3.05, 3.63) is 35.4 Å². The highest BCUT2D eigenvalue weighted by Crippen LogP contribution is 2.29. The van der Waals surface area contributed by atoms with E-state index in [1.807, 2.05) is 4.90 Å². The Balaban J connectivity index is 1.53. The van der Waals surface area contributed by atoms with Crippen molar-refractivity contribution in [2.45, 2.75) is 51.1 Å². The molecule has 0 spiro atoms. The molecule has 138 valence electrons. The SMILES string of the molecule is COCCC(=O)N(Cc1ccc(CC2CCN(C)CC2)cc1)C1CC1. The zero-order chi connectivity index (χ0) is 17.6. The van der Waals surface area contributed by atoms with E-state index >= 15 is 0 Å². The first-order valence-corrected chi connectivity index (χ1v) is 9.70. The maximum absolute atomic E-state index is 12.4. The molecule has 2 aliphatic rings. The average Bonchev–Trinajstić information content (AvgIpc) is 3.46. The minimum absolute atomic E-state index is 0.222. The molecule has 1 aliphatic heterocycles. The highest BCUT2D eigenvalue weighted by atomic mass is 16.5. The molecule has 0 radical (unpaired) electrons. The van der Waals surface area contributed by atoms with E-state index in [4.69, 9.17) is 4.74 Å². The summed E-state index contributed by atoms with van der Waals surface area (Å²) < 4.78 is 5.06. The molecule has 0 N–H and O–H groups in total. The Labute approximate surface area is 152 Å². The average molecular weight is 344 g/mol. The Morgan fingerprint density at radius 1 is 1.12 bits per heavy atom. The topological polar surface area (TPSA) is 32.8 Å². The number of hydrogen-bond donors (Lipinski definition) is 0. The second kappa shape index (κ2) is 8.81. The van der Waals surface area contributed by atoms with Gasteiger partial charge in [0.05, 0.1) is 13.0 Å². The lowest BCUT2D eigenvalue weighted by Crippen LogP contribution is -2.33. The first kappa shape index (κ1) is 18.4. The van der Waals surface area contributed by atoms with Gasteiger partial charge in [0.1, 0.15) is 0 Å². The third-order valence-electron chi connectivity index (χ3n) is 5.57. The molecule has 1 saturated carbocycles. The van der Waals surface area contributed by atoms with Gasteiger partial charge in [-0.15, -0.1) is 0 Å². The van der Waals surface area contributed by atoms with Crippen LogP contribution in [0.15, 0.2) is 24.3 Å². The van der Waals surface area contributed by atoms with Crippen molar-refractivity contribution in [2.75, 3.05) is 33.9 Å². The summed E-state index contributed by atoms with van der Waals surface area (Å²) in [6.07, 6.45) is 6.58. The summed E-state index contributed by atoms with van der Waals surface area (Å²) in [7, 11) is 3.86. The van der Waals surface area contributed by atoms with Crippen LogP contribution in [0.1, 0.15) is 43.2 Å². The van der Waals surface area contributed by atoms with Gasteiger partial charge < -0.3 is 14.5 Å². The summed E-state index contributed by atoms with van der Waals surface area (Å²) in [6.45, 7) is 3.70. The Hall–Kier alpha value is -1.39. The highest BCUT2D eigenvalue weighted by molar-refractivity contribution is 5.77. The molecular formula is C21H32N2O2. The summed E-state index contributed by atoms with van der Waals surface area (Å²) in [6, 6.07) is 9.40. The molecule has 1 aromatic carbocycles. The fourth-order valence-corrected chi connectivity index (χ4v) is 3.72. The fourth-order valence-electron chi connectivity index (χ4n) is 3.72. The third-order valence-corrected chi connectivity index (χ3v) is 5.57. The first-order valence-electron chi connectivity index (χ1n) is 9.70. The molecule has 1 aliphatic carbocycles. The van der Waals surface area contributed by atoms with Gasteiger partial charge in [0.15, 0.2) is 0 Å². The van der Waals surface area contributed by atoms with E-state index in [0.717, 1.165) is 25.3 Å². The Bertz CT molecular complexity index is 546. The number of methoxy groups -OCH3 is 1. The van der Waals surface area contributed by atoms with Crippen molar-refractivity contribution < 1.29 is 9.53 Å². The number of carbonyl (C=O) groups excluding carboxylic acids is 1. The number of nitrogens with zero attached hydrogens (tertiary/aromatic N) is 2. The van der Waals surface area contributed by atoms with Crippen LogP contribution in [0.2, 0.25) is 0 Å². The summed E-state index contributed by atoms with van der Waals surface area (Å²) >= 11 is 0. The van der Waals surface area contributed by atoms with Gasteiger partial charge in [0.25, 0.3) is 0 Å². The number of amides is 1. The van der Waals surface area contributed by atoms with Gasteiger partial charge in [0.2, 0.25) is 5.91 Å². The molecule has 1 aromatic rings. The lowest BCUT2D eigenvalue weighted by molar-refractivity contribution is -0.133. The summed E-state index contributed by atoms with van der Waals surface area (Å²) in [5, 5.41) is 0. The van der Waals surface area contributed by atoms with E-state index in [2.05, 4.69) is 36.2 Å². The maximum atomic E-state index is 12.4. The van der Waals surface area contributed by atoms with Crippen molar-refractivity contribution in [2.24, 2.45) is 5.92 Å². The van der Waals surface area contributed by atoms with Crippen LogP contribution in [0, 0.1) is 5.92 Å². The highest BCUT2D eigenvalue weighted by Gasteiger charge is 2.32. The predicted molar refractivity (Wildman–Crippen MR) is 100 cm³/mol. The van der Waals surface area contributed by atoms with Crippen LogP contribution in [0.4, 0.5) is 0 Å². The molecule has 4 heteroatoms. The molecule has 1 saturated heterocycles. The monoisotopic (exact) mass is 344 g/mol. The number of likely N-dealkylation sites (tertiary alicyclic amines) is 1. The van der Waals surface area contributed by atoms with Crippen molar-refractivity contribution in [1.29, 1.82) is 0 Å². The zero-order valence-corrected chi connectivity index (χ0v) is 15.7. The van der Waals surface area contributed by atoms with Crippen LogP contribution in [-0.2, 0) is 22.5 Å². The Morgan fingerprint density at radius 2 is 1.76 bits per heavy atom. The molecule has 25 heavy (non-hydrogen) atoms. The molecule has 0 atom stereocenters. The van der Waals surface area contributed by atoms with E-state index in [1.165, 1.54) is 43.5 Å². The molecular weight excluding hydrogens is 312 g/mol. The van der Waals surface area contributed by atoms with Crippen LogP contribution in [0.25, 0.3) is 0 Å². The second-order valence-electron chi connectivity index (χ2n) is 7.76. The van der Waals surface area contributed by atoms with Crippen LogP contribution >= 0.6 is 0 Å². The van der Waals surface area contributed by atoms with Crippen LogP contribution < -0.4 is 0 Å². The van der Waals surface area contributed by atoms with E-state index in [1.54, 1.807) is 7.11 Å². The minimum atomic E-state index is 0.222. The minimum Gasteiger partial charge on any atom is -0.384 e. The molecule has 1 heterocycles. The van der Waals surface area contributed by atoms with Gasteiger partial charge in [-0.05, 0) is 69.3 Å². The lowest BCUT2D eigenvalue weighted by Gasteiger charge is -2.29. The smallest absolute Gasteiger partial charge is 0.225 e. The number of ether oxygens (including phenoxy) is 1. The third kappa shape index (κ3) is 5.55. The number of piperidine rings is 1. The molecule has 0 bridgehead atoms. The number of benzene rings is 1. The first-order chi connectivity index (χ1) is 12.2. The van der Waals surface area contributed by atoms with E-state index < -0.39 is 0 Å². The van der Waals surface area contributed by atoms with Crippen LogP contribution in [0.3, 0.4) is 0 Å². The van der Waals surface area contributed by atoms with E-state index in [9.17, 15) is 4.79 Å². The molecule has 0 aromatic heterocycles. The Kier molecular flexibility index (Phi) is 6.49. The largest absolute Gasteiger partial charge is 0.384 e. The lowest BCUT2D eigenvalue weighted by atomic mass is 9.90. The molecule has 1 amide bonds. The maximum Gasteiger partial charge on any atom is 0.225 e. The van der Waals surface area contributed by atoms with Crippen molar-refractivity contribution in [3.8, 4) is 0 Å². The van der Waals surface area contributed by atoms with Gasteiger partial charge in [-0.25, -0.2) is 0 Å². The van der Waals surface area contributed by atoms with Crippen molar-refractivity contribution in [1.82, 2.24) is 9.80 Å². The number of carbonyl (C=O) groups is 1. The van der Waals surface area contributed by atoms with Gasteiger partial charge in [-0.2, -0.15) is 0 Å². The molecule has 2 fully saturated rings. The van der Waals surface area contributed by atoms with Gasteiger partial charge in [0, 0.05) is 19.7 Å². The van der Waals surface area contributed by atoms with Crippen LogP contribution in [0.5, 0.6) is 0 Å². The second-order valence-corrected chi connectivity index (χ2v) is 7.76. The summed E-state index contributed by atoms with van der Waals surface area (Å²) in [5.74, 6) is 1.04. The van der Waals surface area contributed by atoms with Gasteiger partial charge >= 0.3 is 0 Å². The predicted octanol–water partition coefficient (Wildman–Crippen LogP) is 3.10. The standard InChI is InChI=1S/C21H32N2O2/c1-22-12-9-18(10-13-22)15-17-3-5-19(6-4-17)16-23(20-7-8-20)21(24)11-14-25-2/h3-6,18,20H,7-16H2,1-2H3. The fraction of sp³-hybridized carbons (Fsp3) is 0.667. The van der Waals surface area contributed by atoms with Crippen molar-refractivity contribution in [3.63, 3.8) is 0 Å². The quantitative estimate of drug-likeness (QED) is 0.726. The van der Waals surface area contributed by atoms with Crippen molar-refractivity contribution >= 4 is 5.91 Å². The van der Waals surface area contributed by atoms with Gasteiger partial charge in [-0.3, -0.25) is 4.79 Å². The zero-order valence-electron chi connectivity index (χ0n) is 15.7. The van der Waals surface area contributed by atoms with E-state index in [0.29, 0.717) is 19.1 Å². The van der Waals surface area contributed by atoms with Gasteiger partial charge in [-0.1, -0.05) is 24.3 Å². The summed E-state index contributed by atoms with van der Waals surface area (Å²) in [5.41, 5.74) is 2.67. The number of hydrogen-bond acceptors (Lipinski definition) is 3. The van der Waals surface area contributed by atoms with Crippen LogP contribution in [-0.4, -0.2) is 55.6 Å². The normalized spacial score (nSPS) is 19.1. The molecule has 0 unspecified atom stereocenters. The summed E-state index contributed by atoms with van der Waals surface area (Å²) in [4.78, 5) is 16.9. The number of rotatable bonds is 8. The Morgan fingerprint density at radius 3 is 2.36 bits per heavy atom. The molecule has 4 nitrogen and oxygen atoms in total.